The number of aromatic nitrogens is 3. The number of hydrogen-bond donors (Lipinski definition) is 3. The average Bonchev–Trinajstić information content (AvgIpc) is 3.34. The molecule has 6 rings (SSSR count). The summed E-state index contributed by atoms with van der Waals surface area (Å²) in [7, 11) is 1.72. The van der Waals surface area contributed by atoms with E-state index in [1.807, 2.05) is 39.0 Å². The first-order chi connectivity index (χ1) is 18.4. The lowest BCUT2D eigenvalue weighted by molar-refractivity contribution is -0.132. The van der Waals surface area contributed by atoms with E-state index in [1.165, 1.54) is 12.4 Å². The summed E-state index contributed by atoms with van der Waals surface area (Å²) in [6.07, 6.45) is 7.64. The molecule has 3 aromatic rings. The summed E-state index contributed by atoms with van der Waals surface area (Å²) in [5.74, 6) is -0.571. The van der Waals surface area contributed by atoms with Gasteiger partial charge in [0.05, 0.1) is 52.1 Å². The quantitative estimate of drug-likeness (QED) is 0.445. The molecule has 10 heteroatoms. The molecule has 3 aromatic heterocycles. The van der Waals surface area contributed by atoms with Crippen molar-refractivity contribution in [3.05, 3.63) is 47.8 Å². The zero-order valence-corrected chi connectivity index (χ0v) is 22.9. The highest BCUT2D eigenvalue weighted by Crippen LogP contribution is 2.48. The summed E-state index contributed by atoms with van der Waals surface area (Å²) in [5, 5.41) is 30.8. The molecule has 204 valence electrons. The fourth-order valence-corrected chi connectivity index (χ4v) is 5.52. The van der Waals surface area contributed by atoms with Crippen LogP contribution < -0.4 is 10.6 Å². The molecule has 0 atom stereocenters. The van der Waals surface area contributed by atoms with Crippen LogP contribution in [0.2, 0.25) is 0 Å². The zero-order chi connectivity index (χ0) is 28.0. The smallest absolute Gasteiger partial charge is 0.255 e. The van der Waals surface area contributed by atoms with Crippen molar-refractivity contribution in [3.8, 4) is 17.5 Å². The van der Waals surface area contributed by atoms with Crippen LogP contribution in [0.5, 0.6) is 0 Å². The molecule has 0 aromatic carbocycles. The molecule has 2 amide bonds. The molecule has 3 N–H and O–H groups in total. The van der Waals surface area contributed by atoms with Crippen LogP contribution in [0.1, 0.15) is 75.2 Å². The van der Waals surface area contributed by atoms with Crippen LogP contribution in [-0.2, 0) is 4.79 Å². The lowest BCUT2D eigenvalue weighted by Crippen LogP contribution is -2.54. The number of pyridine rings is 1. The van der Waals surface area contributed by atoms with E-state index in [1.54, 1.807) is 22.5 Å². The van der Waals surface area contributed by atoms with Crippen molar-refractivity contribution >= 4 is 23.0 Å². The van der Waals surface area contributed by atoms with Crippen LogP contribution in [-0.4, -0.2) is 66.7 Å². The third-order valence-corrected chi connectivity index (χ3v) is 8.43. The number of nitrogens with one attached hydrogen (secondary N) is 2. The van der Waals surface area contributed by atoms with Gasteiger partial charge >= 0.3 is 0 Å². The number of anilines is 1. The lowest BCUT2D eigenvalue weighted by atomic mass is 9.63. The fourth-order valence-electron chi connectivity index (χ4n) is 5.52. The van der Waals surface area contributed by atoms with Crippen LogP contribution in [0.15, 0.2) is 36.7 Å². The van der Waals surface area contributed by atoms with Crippen LogP contribution in [0, 0.1) is 11.3 Å². The van der Waals surface area contributed by atoms with E-state index in [4.69, 9.17) is 0 Å². The predicted octanol–water partition coefficient (Wildman–Crippen LogP) is 3.50. The molecule has 3 aliphatic carbocycles. The Hall–Kier alpha value is -3.97. The van der Waals surface area contributed by atoms with Gasteiger partial charge in [-0.15, -0.1) is 0 Å². The van der Waals surface area contributed by atoms with E-state index in [0.29, 0.717) is 22.5 Å². The van der Waals surface area contributed by atoms with Gasteiger partial charge in [0.25, 0.3) is 5.91 Å². The number of hydrogen-bond acceptors (Lipinski definition) is 7. The Labute approximate surface area is 228 Å². The van der Waals surface area contributed by atoms with E-state index in [2.05, 4.69) is 26.8 Å². The Morgan fingerprint density at radius 2 is 1.82 bits per heavy atom. The highest BCUT2D eigenvalue weighted by Gasteiger charge is 2.48. The highest BCUT2D eigenvalue weighted by molar-refractivity contribution is 6.01. The van der Waals surface area contributed by atoms with Gasteiger partial charge in [0.2, 0.25) is 5.91 Å². The first-order valence-corrected chi connectivity index (χ1v) is 13.4. The summed E-state index contributed by atoms with van der Waals surface area (Å²) in [5.41, 5.74) is 2.41. The monoisotopic (exact) mass is 529 g/mol. The Kier molecular flexibility index (Phi) is 6.59. The number of amides is 2. The van der Waals surface area contributed by atoms with Crippen LogP contribution in [0.25, 0.3) is 16.9 Å². The number of aliphatic hydroxyl groups is 1. The molecule has 2 bridgehead atoms. The third kappa shape index (κ3) is 5.19. The number of rotatable bonds is 6. The van der Waals surface area contributed by atoms with Gasteiger partial charge in [-0.2, -0.15) is 10.4 Å². The summed E-state index contributed by atoms with van der Waals surface area (Å²) >= 11 is 0. The van der Waals surface area contributed by atoms with Crippen LogP contribution in [0.3, 0.4) is 0 Å². The zero-order valence-electron chi connectivity index (χ0n) is 22.9. The van der Waals surface area contributed by atoms with Crippen molar-refractivity contribution in [2.24, 2.45) is 0 Å². The number of nitriles is 1. The standard InChI is InChI=1S/C29H35N7O3/c1-27(2,3)35(4)25(37)18-32-26(38)21-17-31-23(24-6-5-20-13-19(15-30)16-33-36(20)24)14-22(21)34-28-7-10-29(39,11-8-28)12-9-28/h5-6,13-14,16-17,39H,7-12,18H2,1-4H3,(H,31,34)(H,32,38). The number of likely N-dealkylation sites (N-methyl/N-ethyl adjacent to an activating group) is 1. The SMILES string of the molecule is CN(C(=O)CNC(=O)c1cnc(-c2ccc3cc(C#N)cnn23)cc1NC12CCC(O)(CC1)CC2)C(C)(C)C. The van der Waals surface area contributed by atoms with Gasteiger partial charge in [-0.25, -0.2) is 4.52 Å². The van der Waals surface area contributed by atoms with Gasteiger partial charge in [0.1, 0.15) is 6.07 Å². The summed E-state index contributed by atoms with van der Waals surface area (Å²) in [6, 6.07) is 9.47. The molecule has 3 fully saturated rings. The molecule has 0 spiro atoms. The van der Waals surface area contributed by atoms with E-state index in [9.17, 15) is 20.0 Å². The van der Waals surface area contributed by atoms with Crippen molar-refractivity contribution < 1.29 is 14.7 Å². The molecule has 0 saturated heterocycles. The molecule has 0 aliphatic heterocycles. The maximum absolute atomic E-state index is 13.4. The van der Waals surface area contributed by atoms with Gasteiger partial charge in [0, 0.05) is 24.3 Å². The second kappa shape index (κ2) is 9.65. The Morgan fingerprint density at radius 3 is 2.46 bits per heavy atom. The van der Waals surface area contributed by atoms with Gasteiger partial charge in [-0.1, -0.05) is 0 Å². The molecule has 3 aliphatic rings. The summed E-state index contributed by atoms with van der Waals surface area (Å²) < 4.78 is 1.72. The molecular weight excluding hydrogens is 494 g/mol. The van der Waals surface area contributed by atoms with Gasteiger partial charge in [0.15, 0.2) is 0 Å². The molecule has 3 saturated carbocycles. The van der Waals surface area contributed by atoms with Crippen molar-refractivity contribution in [3.63, 3.8) is 0 Å². The first-order valence-electron chi connectivity index (χ1n) is 13.4. The second-order valence-electron chi connectivity index (χ2n) is 12.0. The topological polar surface area (TPSA) is 136 Å². The minimum atomic E-state index is -0.578. The Balaban J connectivity index is 1.47. The van der Waals surface area contributed by atoms with Crippen molar-refractivity contribution in [2.75, 3.05) is 18.9 Å². The fraction of sp³-hybridized carbons (Fsp3) is 0.483. The van der Waals surface area contributed by atoms with Crippen molar-refractivity contribution in [2.45, 2.75) is 76.0 Å². The lowest BCUT2D eigenvalue weighted by Gasteiger charge is -2.51. The van der Waals surface area contributed by atoms with Gasteiger partial charge in [-0.3, -0.25) is 14.6 Å². The minimum Gasteiger partial charge on any atom is -0.390 e. The molecular formula is C29H35N7O3. The second-order valence-corrected chi connectivity index (χ2v) is 12.0. The van der Waals surface area contributed by atoms with Gasteiger partial charge in [-0.05, 0) is 83.6 Å². The van der Waals surface area contributed by atoms with E-state index in [-0.39, 0.29) is 29.4 Å². The average molecular weight is 530 g/mol. The third-order valence-electron chi connectivity index (χ3n) is 8.43. The summed E-state index contributed by atoms with van der Waals surface area (Å²) in [4.78, 5) is 32.2. The predicted molar refractivity (Wildman–Crippen MR) is 147 cm³/mol. The van der Waals surface area contributed by atoms with E-state index < -0.39 is 5.60 Å². The molecule has 0 unspecified atom stereocenters. The number of carbonyl (C=O) groups is 2. The number of carbonyl (C=O) groups excluding carboxylic acids is 2. The van der Waals surface area contributed by atoms with Crippen LogP contribution in [0.4, 0.5) is 5.69 Å². The maximum atomic E-state index is 13.4. The number of nitrogens with zero attached hydrogens (tertiary/aromatic N) is 5. The van der Waals surface area contributed by atoms with Crippen molar-refractivity contribution in [1.29, 1.82) is 5.26 Å². The van der Waals surface area contributed by atoms with E-state index in [0.717, 1.165) is 49.7 Å². The summed E-state index contributed by atoms with van der Waals surface area (Å²) in [6.45, 7) is 5.69. The Morgan fingerprint density at radius 1 is 1.13 bits per heavy atom. The maximum Gasteiger partial charge on any atom is 0.255 e. The molecule has 10 nitrogen and oxygen atoms in total. The highest BCUT2D eigenvalue weighted by atomic mass is 16.3. The van der Waals surface area contributed by atoms with Gasteiger partial charge < -0.3 is 20.6 Å². The normalized spacial score (nSPS) is 22.4. The number of fused-ring (bicyclic) bond motifs is 4. The Bertz CT molecular complexity index is 1460. The molecule has 0 radical (unpaired) electrons. The van der Waals surface area contributed by atoms with Crippen molar-refractivity contribution in [1.82, 2.24) is 24.8 Å². The first kappa shape index (κ1) is 26.6. The minimum absolute atomic E-state index is 0.125. The molecule has 39 heavy (non-hydrogen) atoms. The molecule has 3 heterocycles. The van der Waals surface area contributed by atoms with Crippen LogP contribution >= 0.6 is 0 Å². The largest absolute Gasteiger partial charge is 0.390 e. The van der Waals surface area contributed by atoms with E-state index >= 15 is 0 Å².